The van der Waals surface area contributed by atoms with Crippen LogP contribution in [0.25, 0.3) is 0 Å². The van der Waals surface area contributed by atoms with E-state index < -0.39 is 36.3 Å². The molecule has 1 aromatic carbocycles. The predicted octanol–water partition coefficient (Wildman–Crippen LogP) is 3.13. The number of nitrogens with zero attached hydrogens (tertiary/aromatic N) is 1. The van der Waals surface area contributed by atoms with Crippen molar-refractivity contribution < 1.29 is 22.0 Å². The highest BCUT2D eigenvalue weighted by Gasteiger charge is 2.29. The van der Waals surface area contributed by atoms with Crippen LogP contribution in [0.3, 0.4) is 0 Å². The van der Waals surface area contributed by atoms with Crippen molar-refractivity contribution in [3.63, 3.8) is 0 Å². The molecule has 1 heterocycles. The van der Waals surface area contributed by atoms with Crippen LogP contribution in [0.15, 0.2) is 12.1 Å². The molecular formula is C13H16ClF5N2. The minimum absolute atomic E-state index is 0. The monoisotopic (exact) mass is 330 g/mol. The highest BCUT2D eigenvalue weighted by atomic mass is 35.5. The summed E-state index contributed by atoms with van der Waals surface area (Å²) in [7, 11) is 0. The molecule has 1 aromatic rings. The summed E-state index contributed by atoms with van der Waals surface area (Å²) < 4.78 is 65.5. The minimum Gasteiger partial charge on any atom is -0.314 e. The number of benzene rings is 1. The summed E-state index contributed by atoms with van der Waals surface area (Å²) >= 11 is 0. The van der Waals surface area contributed by atoms with Gasteiger partial charge in [-0.15, -0.1) is 12.4 Å². The van der Waals surface area contributed by atoms with E-state index in [9.17, 15) is 22.0 Å². The Labute approximate surface area is 125 Å². The summed E-state index contributed by atoms with van der Waals surface area (Å²) in [6.07, 6.45) is -3.26. The lowest BCUT2D eigenvalue weighted by molar-refractivity contribution is 0.0721. The molecule has 8 heteroatoms. The van der Waals surface area contributed by atoms with Gasteiger partial charge in [0.1, 0.15) is 0 Å². The van der Waals surface area contributed by atoms with Crippen molar-refractivity contribution in [3.05, 3.63) is 35.1 Å². The molecule has 1 aliphatic heterocycles. The second-order valence-corrected chi connectivity index (χ2v) is 4.69. The maximum Gasteiger partial charge on any atom is 0.240 e. The van der Waals surface area contributed by atoms with Gasteiger partial charge in [-0.2, -0.15) is 0 Å². The van der Waals surface area contributed by atoms with Crippen LogP contribution >= 0.6 is 12.4 Å². The van der Waals surface area contributed by atoms with Gasteiger partial charge >= 0.3 is 0 Å². The van der Waals surface area contributed by atoms with E-state index in [2.05, 4.69) is 5.32 Å². The Morgan fingerprint density at radius 3 is 2.24 bits per heavy atom. The van der Waals surface area contributed by atoms with Gasteiger partial charge in [0.25, 0.3) is 0 Å². The molecule has 0 spiro atoms. The Balaban J connectivity index is 0.00000220. The fraction of sp³-hybridized carbons (Fsp3) is 0.538. The third kappa shape index (κ3) is 4.28. The molecule has 1 aliphatic rings. The van der Waals surface area contributed by atoms with Crippen molar-refractivity contribution in [1.82, 2.24) is 10.2 Å². The third-order valence-corrected chi connectivity index (χ3v) is 3.42. The fourth-order valence-corrected chi connectivity index (χ4v) is 2.43. The third-order valence-electron chi connectivity index (χ3n) is 3.42. The SMILES string of the molecule is Cl.Fc1ccc([C@@H](CC(F)F)N2CCNCC2)c(F)c1F. The highest BCUT2D eigenvalue weighted by molar-refractivity contribution is 5.85. The number of rotatable bonds is 4. The maximum atomic E-state index is 13.8. The van der Waals surface area contributed by atoms with Gasteiger partial charge in [0.15, 0.2) is 17.5 Å². The standard InChI is InChI=1S/C13H15F5N2.ClH/c14-9-2-1-8(12(17)13(9)18)10(7-11(15)16)20-5-3-19-4-6-20;/h1-2,10-11,19H,3-7H2;1H/t10-;/m1./s1. The van der Waals surface area contributed by atoms with E-state index in [4.69, 9.17) is 0 Å². The minimum atomic E-state index is -2.65. The molecule has 0 amide bonds. The number of alkyl halides is 2. The predicted molar refractivity (Wildman–Crippen MR) is 71.4 cm³/mol. The van der Waals surface area contributed by atoms with Crippen LogP contribution in [0.5, 0.6) is 0 Å². The van der Waals surface area contributed by atoms with Crippen molar-refractivity contribution in [2.24, 2.45) is 0 Å². The fourth-order valence-electron chi connectivity index (χ4n) is 2.43. The number of hydrogen-bond acceptors (Lipinski definition) is 2. The number of nitrogens with one attached hydrogen (secondary N) is 1. The van der Waals surface area contributed by atoms with Gasteiger partial charge in [0.2, 0.25) is 6.43 Å². The van der Waals surface area contributed by atoms with Gasteiger partial charge in [-0.3, -0.25) is 4.90 Å². The molecule has 1 saturated heterocycles. The smallest absolute Gasteiger partial charge is 0.240 e. The zero-order valence-electron chi connectivity index (χ0n) is 11.1. The van der Waals surface area contributed by atoms with Crippen molar-refractivity contribution in [2.75, 3.05) is 26.2 Å². The summed E-state index contributed by atoms with van der Waals surface area (Å²) in [6.45, 7) is 2.09. The molecule has 2 nitrogen and oxygen atoms in total. The molecule has 0 aromatic heterocycles. The van der Waals surface area contributed by atoms with Gasteiger partial charge in [0, 0.05) is 44.2 Å². The molecule has 0 saturated carbocycles. The van der Waals surface area contributed by atoms with Gasteiger partial charge in [-0.1, -0.05) is 6.07 Å². The lowest BCUT2D eigenvalue weighted by Crippen LogP contribution is -2.45. The van der Waals surface area contributed by atoms with E-state index in [-0.39, 0.29) is 18.0 Å². The van der Waals surface area contributed by atoms with Crippen molar-refractivity contribution in [1.29, 1.82) is 0 Å². The second-order valence-electron chi connectivity index (χ2n) is 4.69. The molecular weight excluding hydrogens is 315 g/mol. The quantitative estimate of drug-likeness (QED) is 0.674. The van der Waals surface area contributed by atoms with E-state index in [1.807, 2.05) is 0 Å². The molecule has 21 heavy (non-hydrogen) atoms. The second kappa shape index (κ2) is 7.91. The zero-order valence-corrected chi connectivity index (χ0v) is 11.9. The summed E-state index contributed by atoms with van der Waals surface area (Å²) in [4.78, 5) is 1.67. The van der Waals surface area contributed by atoms with E-state index in [1.165, 1.54) is 0 Å². The summed E-state index contributed by atoms with van der Waals surface area (Å²) in [6, 6.07) is 0.865. The Morgan fingerprint density at radius 2 is 1.67 bits per heavy atom. The van der Waals surface area contributed by atoms with E-state index in [1.54, 1.807) is 4.90 Å². The topological polar surface area (TPSA) is 15.3 Å². The molecule has 0 aliphatic carbocycles. The Kier molecular flexibility index (Phi) is 6.83. The molecule has 2 rings (SSSR count). The molecule has 1 atom stereocenters. The average molecular weight is 331 g/mol. The van der Waals surface area contributed by atoms with E-state index in [0.29, 0.717) is 26.2 Å². The summed E-state index contributed by atoms with van der Waals surface area (Å²) in [5.74, 6) is -4.31. The maximum absolute atomic E-state index is 13.8. The Hall–Kier alpha value is -0.920. The number of halogens is 6. The largest absolute Gasteiger partial charge is 0.314 e. The van der Waals surface area contributed by atoms with Gasteiger partial charge in [0.05, 0.1) is 0 Å². The molecule has 0 radical (unpaired) electrons. The van der Waals surface area contributed by atoms with Crippen LogP contribution in [0.1, 0.15) is 18.0 Å². The Morgan fingerprint density at radius 1 is 1.05 bits per heavy atom. The molecule has 1 N–H and O–H groups in total. The normalized spacial score (nSPS) is 17.6. The highest BCUT2D eigenvalue weighted by Crippen LogP contribution is 2.31. The first kappa shape index (κ1) is 18.1. The first-order chi connectivity index (χ1) is 9.50. The van der Waals surface area contributed by atoms with E-state index in [0.717, 1.165) is 12.1 Å². The van der Waals surface area contributed by atoms with Crippen molar-refractivity contribution >= 4 is 12.4 Å². The lowest BCUT2D eigenvalue weighted by Gasteiger charge is -2.35. The van der Waals surface area contributed by atoms with Gasteiger partial charge in [-0.05, 0) is 6.07 Å². The van der Waals surface area contributed by atoms with Crippen LogP contribution in [0, 0.1) is 17.5 Å². The summed E-state index contributed by atoms with van der Waals surface area (Å²) in [5, 5.41) is 3.05. The lowest BCUT2D eigenvalue weighted by atomic mass is 10.00. The van der Waals surface area contributed by atoms with Crippen LogP contribution in [-0.2, 0) is 0 Å². The Bertz CT molecular complexity index is 466. The first-order valence-corrected chi connectivity index (χ1v) is 6.37. The van der Waals surface area contributed by atoms with Crippen LogP contribution in [0.2, 0.25) is 0 Å². The first-order valence-electron chi connectivity index (χ1n) is 6.37. The van der Waals surface area contributed by atoms with Crippen molar-refractivity contribution in [2.45, 2.75) is 18.9 Å². The van der Waals surface area contributed by atoms with Crippen LogP contribution < -0.4 is 5.32 Å². The summed E-state index contributed by atoms with van der Waals surface area (Å²) in [5.41, 5.74) is -0.217. The van der Waals surface area contributed by atoms with E-state index >= 15 is 0 Å². The van der Waals surface area contributed by atoms with Crippen LogP contribution in [-0.4, -0.2) is 37.5 Å². The number of piperazine rings is 1. The molecule has 1 fully saturated rings. The van der Waals surface area contributed by atoms with Gasteiger partial charge < -0.3 is 5.32 Å². The van der Waals surface area contributed by atoms with Gasteiger partial charge in [-0.25, -0.2) is 22.0 Å². The van der Waals surface area contributed by atoms with Crippen molar-refractivity contribution in [3.8, 4) is 0 Å². The molecule has 120 valence electrons. The average Bonchev–Trinajstić information content (AvgIpc) is 2.44. The molecule has 0 bridgehead atoms. The molecule has 0 unspecified atom stereocenters. The van der Waals surface area contributed by atoms with Crippen LogP contribution in [0.4, 0.5) is 22.0 Å². The number of hydrogen-bond donors (Lipinski definition) is 1. The zero-order chi connectivity index (χ0) is 14.7.